The number of hydrogen-bond donors (Lipinski definition) is 1. The zero-order valence-corrected chi connectivity index (χ0v) is 25.4. The van der Waals surface area contributed by atoms with Gasteiger partial charge in [0, 0.05) is 6.54 Å². The van der Waals surface area contributed by atoms with Crippen LogP contribution in [-0.2, 0) is 34.8 Å². The predicted octanol–water partition coefficient (Wildman–Crippen LogP) is 9.55. The molecular formula is C32H34F9NO5. The topological polar surface area (TPSA) is 76.1 Å². The zero-order chi connectivity index (χ0) is 34.9. The van der Waals surface area contributed by atoms with Gasteiger partial charge in [-0.05, 0) is 104 Å². The number of carboxylic acid groups (broad SMARTS) is 1. The van der Waals surface area contributed by atoms with Gasteiger partial charge in [-0.1, -0.05) is 19.4 Å². The number of rotatable bonds is 10. The van der Waals surface area contributed by atoms with E-state index >= 15 is 0 Å². The van der Waals surface area contributed by atoms with E-state index in [-0.39, 0.29) is 30.0 Å². The predicted molar refractivity (Wildman–Crippen MR) is 149 cm³/mol. The molecule has 3 unspecified atom stereocenters. The van der Waals surface area contributed by atoms with Crippen LogP contribution < -0.4 is 4.74 Å². The highest BCUT2D eigenvalue weighted by molar-refractivity contribution is 5.71. The second-order valence-corrected chi connectivity index (χ2v) is 12.1. The molecular weight excluding hydrogens is 649 g/mol. The highest BCUT2D eigenvalue weighted by Crippen LogP contribution is 2.42. The molecule has 1 aliphatic carbocycles. The fraction of sp³-hybridized carbons (Fsp3) is 0.562. The van der Waals surface area contributed by atoms with E-state index in [1.807, 2.05) is 6.92 Å². The summed E-state index contributed by atoms with van der Waals surface area (Å²) in [5.74, 6) is -1.34. The summed E-state index contributed by atoms with van der Waals surface area (Å²) in [6, 6.07) is 3.47. The molecule has 3 atom stereocenters. The van der Waals surface area contributed by atoms with Crippen LogP contribution in [-0.4, -0.2) is 34.5 Å². The molecule has 2 aliphatic rings. The standard InChI is InChI=1S/C32H34F9NO5/c1-3-18(19-6-8-21(9-7-19)28(43)44)4-5-20-10-11-26(47-32(39,40)41)14-23(20)16-42-17(2)27(46-29(42)45)22-12-24(30(33,34)35)15-25(13-22)31(36,37)38/h10-15,17-19,21,27H,3-9,16H2,1-2H3,(H,43,44). The van der Waals surface area contributed by atoms with Crippen molar-refractivity contribution >= 4 is 12.1 Å². The van der Waals surface area contributed by atoms with Crippen LogP contribution in [0.5, 0.6) is 5.75 Å². The summed E-state index contributed by atoms with van der Waals surface area (Å²) in [6.45, 7) is 3.00. The third-order valence-electron chi connectivity index (χ3n) is 9.18. The molecule has 15 heteroatoms. The van der Waals surface area contributed by atoms with Crippen molar-refractivity contribution in [1.29, 1.82) is 0 Å². The summed E-state index contributed by atoms with van der Waals surface area (Å²) >= 11 is 0. The van der Waals surface area contributed by atoms with Crippen LogP contribution in [0.15, 0.2) is 36.4 Å². The van der Waals surface area contributed by atoms with Crippen molar-refractivity contribution < 1.29 is 63.7 Å². The zero-order valence-electron chi connectivity index (χ0n) is 25.4. The molecule has 0 radical (unpaired) electrons. The van der Waals surface area contributed by atoms with Crippen molar-refractivity contribution in [2.45, 2.75) is 96.2 Å². The fourth-order valence-corrected chi connectivity index (χ4v) is 6.63. The second-order valence-electron chi connectivity index (χ2n) is 12.1. The first-order valence-electron chi connectivity index (χ1n) is 15.1. The van der Waals surface area contributed by atoms with Crippen LogP contribution in [0, 0.1) is 17.8 Å². The van der Waals surface area contributed by atoms with Gasteiger partial charge in [-0.2, -0.15) is 26.3 Å². The van der Waals surface area contributed by atoms with E-state index < -0.39 is 71.3 Å². The third-order valence-corrected chi connectivity index (χ3v) is 9.18. The largest absolute Gasteiger partial charge is 0.573 e. The van der Waals surface area contributed by atoms with Crippen molar-refractivity contribution in [2.24, 2.45) is 17.8 Å². The average molecular weight is 684 g/mol. The molecule has 1 aliphatic heterocycles. The van der Waals surface area contributed by atoms with E-state index in [0.717, 1.165) is 36.3 Å². The Morgan fingerprint density at radius 3 is 2.04 bits per heavy atom. The maximum atomic E-state index is 13.5. The van der Waals surface area contributed by atoms with E-state index in [9.17, 15) is 54.2 Å². The van der Waals surface area contributed by atoms with E-state index in [4.69, 9.17) is 4.74 Å². The summed E-state index contributed by atoms with van der Waals surface area (Å²) in [7, 11) is 0. The van der Waals surface area contributed by atoms with Crippen molar-refractivity contribution in [2.75, 3.05) is 0 Å². The van der Waals surface area contributed by atoms with Gasteiger partial charge in [0.05, 0.1) is 23.1 Å². The van der Waals surface area contributed by atoms with Gasteiger partial charge in [0.2, 0.25) is 0 Å². The number of halogens is 9. The molecule has 6 nitrogen and oxygen atoms in total. The second kappa shape index (κ2) is 13.8. The fourth-order valence-electron chi connectivity index (χ4n) is 6.63. The van der Waals surface area contributed by atoms with Crippen molar-refractivity contribution in [3.63, 3.8) is 0 Å². The van der Waals surface area contributed by atoms with E-state index in [1.54, 1.807) is 0 Å². The lowest BCUT2D eigenvalue weighted by Crippen LogP contribution is -2.32. The Kier molecular flexibility index (Phi) is 10.7. The SMILES string of the molecule is CCC(CCc1ccc(OC(F)(F)F)cc1CN1C(=O)OC(c2cc(C(F)(F)F)cc(C(F)(F)F)c2)C1C)C1CCC(C(=O)O)CC1. The lowest BCUT2D eigenvalue weighted by atomic mass is 9.73. The van der Waals surface area contributed by atoms with Crippen LogP contribution >= 0.6 is 0 Å². The van der Waals surface area contributed by atoms with Crippen LogP contribution in [0.4, 0.5) is 44.3 Å². The number of nitrogens with zero attached hydrogens (tertiary/aromatic N) is 1. The number of benzene rings is 2. The molecule has 260 valence electrons. The molecule has 0 bridgehead atoms. The number of hydrogen-bond acceptors (Lipinski definition) is 4. The summed E-state index contributed by atoms with van der Waals surface area (Å²) in [6.07, 6.45) is -13.5. The summed E-state index contributed by atoms with van der Waals surface area (Å²) < 4.78 is 129. The molecule has 1 N–H and O–H groups in total. The Balaban J connectivity index is 1.59. The van der Waals surface area contributed by atoms with Gasteiger partial charge in [-0.25, -0.2) is 4.79 Å². The van der Waals surface area contributed by atoms with Crippen molar-refractivity contribution in [1.82, 2.24) is 4.90 Å². The average Bonchev–Trinajstić information content (AvgIpc) is 3.25. The Morgan fingerprint density at radius 1 is 0.936 bits per heavy atom. The number of cyclic esters (lactones) is 1. The molecule has 1 saturated carbocycles. The van der Waals surface area contributed by atoms with Crippen LogP contribution in [0.25, 0.3) is 0 Å². The monoisotopic (exact) mass is 683 g/mol. The van der Waals surface area contributed by atoms with Crippen LogP contribution in [0.3, 0.4) is 0 Å². The first-order chi connectivity index (χ1) is 21.8. The molecule has 1 heterocycles. The van der Waals surface area contributed by atoms with Crippen LogP contribution in [0.2, 0.25) is 0 Å². The van der Waals surface area contributed by atoms with Gasteiger partial charge in [-0.15, -0.1) is 13.2 Å². The van der Waals surface area contributed by atoms with E-state index in [0.29, 0.717) is 43.4 Å². The summed E-state index contributed by atoms with van der Waals surface area (Å²) in [5, 5.41) is 9.31. The number of carbonyl (C=O) groups is 2. The third kappa shape index (κ3) is 9.04. The smallest absolute Gasteiger partial charge is 0.481 e. The normalized spacial score (nSPS) is 23.0. The molecule has 2 aromatic rings. The first kappa shape index (κ1) is 36.2. The number of carbonyl (C=O) groups excluding carboxylic acids is 1. The minimum Gasteiger partial charge on any atom is -0.481 e. The maximum absolute atomic E-state index is 13.5. The van der Waals surface area contributed by atoms with Gasteiger partial charge in [0.1, 0.15) is 11.9 Å². The molecule has 47 heavy (non-hydrogen) atoms. The Hall–Kier alpha value is -3.65. The number of aliphatic carboxylic acids is 1. The number of ether oxygens (including phenoxy) is 2. The van der Waals surface area contributed by atoms with Gasteiger partial charge in [-0.3, -0.25) is 9.69 Å². The Labute approximate surface area is 264 Å². The van der Waals surface area contributed by atoms with Crippen LogP contribution in [0.1, 0.15) is 86.3 Å². The van der Waals surface area contributed by atoms with Gasteiger partial charge >= 0.3 is 30.8 Å². The minimum absolute atomic E-state index is 0.0392. The van der Waals surface area contributed by atoms with Gasteiger partial charge in [0.15, 0.2) is 0 Å². The molecule has 2 aromatic carbocycles. The number of carboxylic acids is 1. The highest BCUT2D eigenvalue weighted by Gasteiger charge is 2.43. The molecule has 0 aromatic heterocycles. The number of alkyl halides is 9. The lowest BCUT2D eigenvalue weighted by Gasteiger charge is -2.32. The quantitative estimate of drug-likeness (QED) is 0.253. The van der Waals surface area contributed by atoms with Crippen molar-refractivity contribution in [3.8, 4) is 5.75 Å². The van der Waals surface area contributed by atoms with Gasteiger partial charge in [0.25, 0.3) is 0 Å². The molecule has 1 amide bonds. The molecule has 2 fully saturated rings. The number of amides is 1. The number of aryl methyl sites for hydroxylation is 1. The molecule has 4 rings (SSSR count). The Bertz CT molecular complexity index is 1400. The molecule has 1 saturated heterocycles. The van der Waals surface area contributed by atoms with E-state index in [2.05, 4.69) is 4.74 Å². The van der Waals surface area contributed by atoms with Gasteiger partial charge < -0.3 is 14.6 Å². The van der Waals surface area contributed by atoms with E-state index in [1.165, 1.54) is 13.0 Å². The van der Waals surface area contributed by atoms with Crippen molar-refractivity contribution in [3.05, 3.63) is 64.2 Å². The first-order valence-corrected chi connectivity index (χ1v) is 15.1. The maximum Gasteiger partial charge on any atom is 0.573 e. The minimum atomic E-state index is -5.12. The summed E-state index contributed by atoms with van der Waals surface area (Å²) in [4.78, 5) is 25.4. The lowest BCUT2D eigenvalue weighted by molar-refractivity contribution is -0.274. The Morgan fingerprint density at radius 2 is 1.53 bits per heavy atom. The highest BCUT2D eigenvalue weighted by atomic mass is 19.4. The molecule has 0 spiro atoms. The summed E-state index contributed by atoms with van der Waals surface area (Å²) in [5.41, 5.74) is -2.89.